The van der Waals surface area contributed by atoms with Crippen LogP contribution in [-0.2, 0) is 28.9 Å². The topological polar surface area (TPSA) is 64.7 Å². The van der Waals surface area contributed by atoms with E-state index in [1.165, 1.54) is 0 Å². The summed E-state index contributed by atoms with van der Waals surface area (Å²) < 4.78 is 16.4. The van der Waals surface area contributed by atoms with Crippen LogP contribution in [0.5, 0.6) is 5.75 Å². The predicted octanol–water partition coefficient (Wildman–Crippen LogP) is 3.95. The molecule has 0 aliphatic carbocycles. The van der Waals surface area contributed by atoms with E-state index in [-0.39, 0.29) is 12.5 Å². The van der Waals surface area contributed by atoms with Crippen molar-refractivity contribution in [3.63, 3.8) is 0 Å². The number of methoxy groups -OCH3 is 1. The molecule has 0 aliphatic rings. The van der Waals surface area contributed by atoms with Crippen molar-refractivity contribution < 1.29 is 19.0 Å². The minimum atomic E-state index is 0.213. The van der Waals surface area contributed by atoms with Crippen LogP contribution in [0.4, 0.5) is 0 Å². The molecule has 130 valence electrons. The molecule has 1 heterocycles. The quantitative estimate of drug-likeness (QED) is 0.497. The molecule has 0 radical (unpaired) electrons. The Bertz CT molecular complexity index is 781. The normalized spacial score (nSPS) is 10.9. The van der Waals surface area contributed by atoms with Crippen LogP contribution in [0.15, 0.2) is 59.0 Å². The molecule has 0 amide bonds. The van der Waals surface area contributed by atoms with Gasteiger partial charge in [0.2, 0.25) is 5.89 Å². The van der Waals surface area contributed by atoms with Crippen molar-refractivity contribution in [2.24, 2.45) is 0 Å². The minimum Gasteiger partial charge on any atom is -0.508 e. The van der Waals surface area contributed by atoms with Crippen LogP contribution in [0.3, 0.4) is 0 Å². The van der Waals surface area contributed by atoms with Crippen LogP contribution >= 0.6 is 0 Å². The molecule has 2 aromatic carbocycles. The monoisotopic (exact) mass is 339 g/mol. The van der Waals surface area contributed by atoms with E-state index in [0.717, 1.165) is 29.0 Å². The molecule has 1 aromatic heterocycles. The lowest BCUT2D eigenvalue weighted by Gasteiger charge is -2.03. The minimum absolute atomic E-state index is 0.213. The van der Waals surface area contributed by atoms with Crippen LogP contribution < -0.4 is 0 Å². The summed E-state index contributed by atoms with van der Waals surface area (Å²) in [6, 6.07) is 17.0. The lowest BCUT2D eigenvalue weighted by molar-refractivity contribution is -0.0403. The van der Waals surface area contributed by atoms with Gasteiger partial charge in [-0.25, -0.2) is 4.98 Å². The maximum atomic E-state index is 9.38. The first-order valence-corrected chi connectivity index (χ1v) is 8.15. The highest BCUT2D eigenvalue weighted by atomic mass is 16.7. The molecule has 0 aliphatic heterocycles. The SMILES string of the molecule is COCOCc1nc(-c2ccccc2)oc1CCc1ccc(O)cc1. The van der Waals surface area contributed by atoms with Gasteiger partial charge in [-0.3, -0.25) is 0 Å². The van der Waals surface area contributed by atoms with E-state index < -0.39 is 0 Å². The van der Waals surface area contributed by atoms with Gasteiger partial charge in [-0.1, -0.05) is 30.3 Å². The fourth-order valence-electron chi connectivity index (χ4n) is 2.54. The molecule has 0 saturated carbocycles. The molecule has 3 rings (SSSR count). The zero-order valence-electron chi connectivity index (χ0n) is 14.1. The number of benzene rings is 2. The van der Waals surface area contributed by atoms with Crippen molar-refractivity contribution in [1.82, 2.24) is 4.98 Å². The largest absolute Gasteiger partial charge is 0.508 e. The molecule has 0 atom stereocenters. The zero-order valence-corrected chi connectivity index (χ0v) is 14.1. The van der Waals surface area contributed by atoms with Crippen molar-refractivity contribution in [2.75, 3.05) is 13.9 Å². The first-order valence-electron chi connectivity index (χ1n) is 8.15. The summed E-state index contributed by atoms with van der Waals surface area (Å²) in [5, 5.41) is 9.38. The number of phenols is 1. The Morgan fingerprint density at radius 1 is 1.00 bits per heavy atom. The predicted molar refractivity (Wildman–Crippen MR) is 94.1 cm³/mol. The van der Waals surface area contributed by atoms with E-state index in [4.69, 9.17) is 13.9 Å². The highest BCUT2D eigenvalue weighted by Crippen LogP contribution is 2.24. The van der Waals surface area contributed by atoms with E-state index in [1.54, 1.807) is 19.2 Å². The summed E-state index contributed by atoms with van der Waals surface area (Å²) in [6.07, 6.45) is 1.50. The molecule has 5 nitrogen and oxygen atoms in total. The Hall–Kier alpha value is -2.63. The maximum Gasteiger partial charge on any atom is 0.226 e. The fraction of sp³-hybridized carbons (Fsp3) is 0.250. The molecule has 3 aromatic rings. The van der Waals surface area contributed by atoms with Crippen molar-refractivity contribution in [1.29, 1.82) is 0 Å². The van der Waals surface area contributed by atoms with Gasteiger partial charge in [-0.05, 0) is 36.2 Å². The standard InChI is InChI=1S/C20H21NO4/c1-23-14-24-13-18-19(12-9-15-7-10-17(22)11-8-15)25-20(21-18)16-5-3-2-4-6-16/h2-8,10-11,22H,9,12-14H2,1H3. The molecule has 0 unspecified atom stereocenters. The van der Waals surface area contributed by atoms with Gasteiger partial charge in [0.05, 0.1) is 6.61 Å². The van der Waals surface area contributed by atoms with Crippen molar-refractivity contribution in [2.45, 2.75) is 19.4 Å². The summed E-state index contributed by atoms with van der Waals surface area (Å²) in [7, 11) is 1.59. The van der Waals surface area contributed by atoms with Gasteiger partial charge in [0.1, 0.15) is 24.0 Å². The summed E-state index contributed by atoms with van der Waals surface area (Å²) in [6.45, 7) is 0.556. The molecule has 1 N–H and O–H groups in total. The van der Waals surface area contributed by atoms with Gasteiger partial charge >= 0.3 is 0 Å². The van der Waals surface area contributed by atoms with Crippen LogP contribution in [-0.4, -0.2) is 24.0 Å². The smallest absolute Gasteiger partial charge is 0.226 e. The number of hydrogen-bond donors (Lipinski definition) is 1. The lowest BCUT2D eigenvalue weighted by Crippen LogP contribution is -2.01. The van der Waals surface area contributed by atoms with Crippen LogP contribution in [0.25, 0.3) is 11.5 Å². The van der Waals surface area contributed by atoms with Gasteiger partial charge in [0, 0.05) is 19.1 Å². The second-order valence-corrected chi connectivity index (χ2v) is 5.68. The van der Waals surface area contributed by atoms with E-state index in [9.17, 15) is 5.11 Å². The Kier molecular flexibility index (Phi) is 5.82. The Morgan fingerprint density at radius 2 is 1.76 bits per heavy atom. The number of rotatable bonds is 8. The van der Waals surface area contributed by atoms with E-state index >= 15 is 0 Å². The lowest BCUT2D eigenvalue weighted by atomic mass is 10.1. The van der Waals surface area contributed by atoms with Gasteiger partial charge in [0.15, 0.2) is 0 Å². The second-order valence-electron chi connectivity index (χ2n) is 5.68. The van der Waals surface area contributed by atoms with E-state index in [1.807, 2.05) is 42.5 Å². The highest BCUT2D eigenvalue weighted by molar-refractivity contribution is 5.53. The first-order chi connectivity index (χ1) is 12.3. The van der Waals surface area contributed by atoms with Gasteiger partial charge in [-0.15, -0.1) is 0 Å². The number of hydrogen-bond acceptors (Lipinski definition) is 5. The van der Waals surface area contributed by atoms with Crippen molar-refractivity contribution in [3.8, 4) is 17.2 Å². The van der Waals surface area contributed by atoms with Crippen LogP contribution in [0.2, 0.25) is 0 Å². The molecular formula is C20H21NO4. The van der Waals surface area contributed by atoms with Crippen LogP contribution in [0, 0.1) is 0 Å². The molecule has 5 heteroatoms. The molecular weight excluding hydrogens is 318 g/mol. The zero-order chi connectivity index (χ0) is 17.5. The second kappa shape index (κ2) is 8.46. The number of aryl methyl sites for hydroxylation is 2. The fourth-order valence-corrected chi connectivity index (χ4v) is 2.54. The van der Waals surface area contributed by atoms with Crippen molar-refractivity contribution >= 4 is 0 Å². The average molecular weight is 339 g/mol. The number of ether oxygens (including phenoxy) is 2. The molecule has 25 heavy (non-hydrogen) atoms. The highest BCUT2D eigenvalue weighted by Gasteiger charge is 2.15. The number of aromatic nitrogens is 1. The van der Waals surface area contributed by atoms with Gasteiger partial charge in [-0.2, -0.15) is 0 Å². The van der Waals surface area contributed by atoms with E-state index in [0.29, 0.717) is 18.9 Å². The number of oxazole rings is 1. The van der Waals surface area contributed by atoms with E-state index in [2.05, 4.69) is 4.98 Å². The Morgan fingerprint density at radius 3 is 2.48 bits per heavy atom. The maximum absolute atomic E-state index is 9.38. The summed E-state index contributed by atoms with van der Waals surface area (Å²) >= 11 is 0. The Balaban J connectivity index is 1.77. The third-order valence-electron chi connectivity index (χ3n) is 3.82. The third kappa shape index (κ3) is 4.68. The number of nitrogens with zero attached hydrogens (tertiary/aromatic N) is 1. The van der Waals surface area contributed by atoms with Crippen molar-refractivity contribution in [3.05, 3.63) is 71.6 Å². The van der Waals surface area contributed by atoms with Gasteiger partial charge in [0.25, 0.3) is 0 Å². The molecule has 0 fully saturated rings. The summed E-state index contributed by atoms with van der Waals surface area (Å²) in [4.78, 5) is 4.59. The molecule has 0 saturated heterocycles. The third-order valence-corrected chi connectivity index (χ3v) is 3.82. The molecule has 0 spiro atoms. The first kappa shape index (κ1) is 17.2. The Labute approximate surface area is 146 Å². The van der Waals surface area contributed by atoms with Crippen LogP contribution in [0.1, 0.15) is 17.0 Å². The number of aromatic hydroxyl groups is 1. The van der Waals surface area contributed by atoms with Gasteiger partial charge < -0.3 is 19.0 Å². The summed E-state index contributed by atoms with van der Waals surface area (Å²) in [5.74, 6) is 1.67. The summed E-state index contributed by atoms with van der Waals surface area (Å²) in [5.41, 5.74) is 2.85. The molecule has 0 bridgehead atoms. The number of phenolic OH excluding ortho intramolecular Hbond substituents is 1. The average Bonchev–Trinajstić information content (AvgIpc) is 3.05.